The molecule has 1 saturated carbocycles. The quantitative estimate of drug-likeness (QED) is 0.279. The van der Waals surface area contributed by atoms with Crippen LogP contribution in [0.25, 0.3) is 22.0 Å². The third kappa shape index (κ3) is 5.10. The van der Waals surface area contributed by atoms with Crippen LogP contribution in [0.4, 0.5) is 11.5 Å². The number of hydrogen-bond donors (Lipinski definition) is 1. The van der Waals surface area contributed by atoms with Gasteiger partial charge in [-0.25, -0.2) is 4.98 Å². The molecule has 2 aromatic heterocycles. The number of rotatable bonds is 5. The molecule has 0 unspecified atom stereocenters. The van der Waals surface area contributed by atoms with Gasteiger partial charge in [0.25, 0.3) is 0 Å². The first-order valence-electron chi connectivity index (χ1n) is 15.5. The van der Waals surface area contributed by atoms with Gasteiger partial charge < -0.3 is 14.9 Å². The Morgan fingerprint density at radius 1 is 0.805 bits per heavy atom. The summed E-state index contributed by atoms with van der Waals surface area (Å²) in [6.45, 7) is 10.1. The number of hydrogen-bond acceptors (Lipinski definition) is 5. The smallest absolute Gasteiger partial charge is 0.128 e. The Kier molecular flexibility index (Phi) is 6.54. The number of aromatic nitrogens is 2. The average Bonchev–Trinajstić information content (AvgIpc) is 3.83. The minimum absolute atomic E-state index is 0.433. The summed E-state index contributed by atoms with van der Waals surface area (Å²) in [6, 6.07) is 19.7. The molecule has 1 N–H and O–H groups in total. The Balaban J connectivity index is 1.07. The molecule has 1 aliphatic carbocycles. The van der Waals surface area contributed by atoms with Gasteiger partial charge >= 0.3 is 0 Å². The molecule has 41 heavy (non-hydrogen) atoms. The third-order valence-corrected chi connectivity index (χ3v) is 10.0. The molecule has 3 aliphatic rings. The number of piperidine rings is 2. The summed E-state index contributed by atoms with van der Waals surface area (Å²) in [5, 5.41) is 11.6. The molecule has 2 aliphatic heterocycles. The van der Waals surface area contributed by atoms with Crippen molar-refractivity contribution in [3.63, 3.8) is 0 Å². The van der Waals surface area contributed by atoms with Crippen molar-refractivity contribution in [1.29, 1.82) is 0 Å². The van der Waals surface area contributed by atoms with Crippen LogP contribution in [0.1, 0.15) is 75.0 Å². The van der Waals surface area contributed by atoms with Crippen LogP contribution < -0.4 is 9.80 Å². The molecule has 212 valence electrons. The van der Waals surface area contributed by atoms with E-state index in [2.05, 4.69) is 71.5 Å². The lowest BCUT2D eigenvalue weighted by Gasteiger charge is -2.48. The van der Waals surface area contributed by atoms with Gasteiger partial charge in [-0.2, -0.15) is 0 Å². The maximum absolute atomic E-state index is 10.3. The number of fused-ring (bicyclic) bond motifs is 1. The van der Waals surface area contributed by atoms with Gasteiger partial charge in [0.1, 0.15) is 5.82 Å². The normalized spacial score (nSPS) is 19.2. The van der Waals surface area contributed by atoms with Gasteiger partial charge in [-0.15, -0.1) is 0 Å². The molecule has 7 rings (SSSR count). The number of nitrogens with zero attached hydrogens (tertiary/aromatic N) is 4. The molecule has 5 heteroatoms. The fourth-order valence-corrected chi connectivity index (χ4v) is 7.12. The van der Waals surface area contributed by atoms with Crippen LogP contribution in [0.2, 0.25) is 0 Å². The van der Waals surface area contributed by atoms with Gasteiger partial charge in [-0.3, -0.25) is 4.98 Å². The first-order valence-corrected chi connectivity index (χ1v) is 15.5. The second-order valence-electron chi connectivity index (χ2n) is 13.3. The van der Waals surface area contributed by atoms with Crippen LogP contribution in [-0.2, 0) is 5.60 Å². The van der Waals surface area contributed by atoms with Crippen LogP contribution >= 0.6 is 0 Å². The first-order chi connectivity index (χ1) is 19.8. The number of aryl methyl sites for hydroxylation is 1. The van der Waals surface area contributed by atoms with E-state index in [1.54, 1.807) is 0 Å². The third-order valence-electron chi connectivity index (χ3n) is 10.0. The molecule has 2 saturated heterocycles. The molecular formula is C36H42N4O. The fourth-order valence-electron chi connectivity index (χ4n) is 7.12. The summed E-state index contributed by atoms with van der Waals surface area (Å²) < 4.78 is 0. The van der Waals surface area contributed by atoms with Crippen LogP contribution in [-0.4, -0.2) is 41.3 Å². The molecule has 1 spiro atoms. The van der Waals surface area contributed by atoms with Gasteiger partial charge in [0.2, 0.25) is 0 Å². The first kappa shape index (κ1) is 26.5. The Hall–Kier alpha value is -3.44. The Bertz CT molecular complexity index is 1530. The zero-order valence-corrected chi connectivity index (χ0v) is 24.7. The van der Waals surface area contributed by atoms with Gasteiger partial charge in [0.05, 0.1) is 23.0 Å². The summed E-state index contributed by atoms with van der Waals surface area (Å²) in [7, 11) is 0. The van der Waals surface area contributed by atoms with Crippen molar-refractivity contribution in [3.8, 4) is 11.1 Å². The molecule has 4 heterocycles. The van der Waals surface area contributed by atoms with Crippen LogP contribution in [0.15, 0.2) is 67.0 Å². The number of anilines is 2. The van der Waals surface area contributed by atoms with E-state index in [0.29, 0.717) is 11.3 Å². The van der Waals surface area contributed by atoms with E-state index in [4.69, 9.17) is 9.97 Å². The largest absolute Gasteiger partial charge is 0.386 e. The summed E-state index contributed by atoms with van der Waals surface area (Å²) in [5.41, 5.74) is 8.28. The average molecular weight is 547 g/mol. The monoisotopic (exact) mass is 546 g/mol. The molecule has 4 aromatic rings. The number of benzene rings is 2. The van der Waals surface area contributed by atoms with Crippen LogP contribution in [0.3, 0.4) is 0 Å². The summed E-state index contributed by atoms with van der Waals surface area (Å²) in [6.07, 6.45) is 11.5. The zero-order chi connectivity index (χ0) is 28.2. The molecule has 3 fully saturated rings. The molecule has 2 aromatic carbocycles. The van der Waals surface area contributed by atoms with E-state index < -0.39 is 5.60 Å². The predicted octanol–water partition coefficient (Wildman–Crippen LogP) is 7.60. The molecule has 0 bridgehead atoms. The Morgan fingerprint density at radius 2 is 1.49 bits per heavy atom. The maximum atomic E-state index is 10.3. The van der Waals surface area contributed by atoms with Crippen molar-refractivity contribution in [3.05, 3.63) is 83.7 Å². The number of aliphatic hydroxyl groups is 1. The highest BCUT2D eigenvalue weighted by atomic mass is 16.3. The predicted molar refractivity (Wildman–Crippen MR) is 169 cm³/mol. The highest BCUT2D eigenvalue weighted by Crippen LogP contribution is 2.50. The standard InChI is InChI=1S/C36H42N4O/c1-25-7-9-26(10-8-25)29-5-4-6-30-33(27-11-12-27)31(24-38-34(29)30)39-19-15-36(16-20-39)17-21-40(22-18-36)32-14-13-28(23-37-32)35(2,3)41/h4-10,13-14,23-24,27,41H,11-12,15-22H2,1-3H3. The lowest BCUT2D eigenvalue weighted by Crippen LogP contribution is -2.47. The van der Waals surface area contributed by atoms with E-state index in [1.165, 1.54) is 71.9 Å². The van der Waals surface area contributed by atoms with E-state index in [0.717, 1.165) is 43.1 Å². The van der Waals surface area contributed by atoms with E-state index in [1.807, 2.05) is 26.1 Å². The number of pyridine rings is 2. The van der Waals surface area contributed by atoms with Crippen molar-refractivity contribution in [1.82, 2.24) is 9.97 Å². The SMILES string of the molecule is Cc1ccc(-c2cccc3c(C4CC4)c(N4CCC5(CCN(c6ccc(C(C)(C)O)cn6)CC5)CC4)cnc23)cc1. The van der Waals surface area contributed by atoms with Crippen molar-refractivity contribution in [2.24, 2.45) is 5.41 Å². The van der Waals surface area contributed by atoms with Gasteiger partial charge in [-0.05, 0) is 87.8 Å². The van der Waals surface area contributed by atoms with E-state index in [-0.39, 0.29) is 0 Å². The van der Waals surface area contributed by atoms with E-state index in [9.17, 15) is 5.11 Å². The lowest BCUT2D eigenvalue weighted by atomic mass is 9.71. The second kappa shape index (κ2) is 10.1. The van der Waals surface area contributed by atoms with Gasteiger partial charge in [0.15, 0.2) is 0 Å². The lowest BCUT2D eigenvalue weighted by molar-refractivity contribution is 0.0782. The number of para-hydroxylation sites is 1. The van der Waals surface area contributed by atoms with Crippen LogP contribution in [0.5, 0.6) is 0 Å². The van der Waals surface area contributed by atoms with Crippen molar-refractivity contribution >= 4 is 22.4 Å². The highest BCUT2D eigenvalue weighted by molar-refractivity contribution is 5.98. The summed E-state index contributed by atoms with van der Waals surface area (Å²) in [4.78, 5) is 14.9. The van der Waals surface area contributed by atoms with E-state index >= 15 is 0 Å². The molecule has 0 radical (unpaired) electrons. The molecule has 0 amide bonds. The Labute approximate surface area is 244 Å². The highest BCUT2D eigenvalue weighted by Gasteiger charge is 2.39. The second-order valence-corrected chi connectivity index (χ2v) is 13.3. The minimum Gasteiger partial charge on any atom is -0.386 e. The zero-order valence-electron chi connectivity index (χ0n) is 24.7. The van der Waals surface area contributed by atoms with Gasteiger partial charge in [-0.1, -0.05) is 54.1 Å². The fraction of sp³-hybridized carbons (Fsp3) is 0.444. The molecular weight excluding hydrogens is 504 g/mol. The summed E-state index contributed by atoms with van der Waals surface area (Å²) >= 11 is 0. The Morgan fingerprint density at radius 3 is 2.10 bits per heavy atom. The van der Waals surface area contributed by atoms with Crippen LogP contribution in [0, 0.1) is 12.3 Å². The molecule has 5 nitrogen and oxygen atoms in total. The minimum atomic E-state index is -0.852. The van der Waals surface area contributed by atoms with Crippen molar-refractivity contribution in [2.45, 2.75) is 70.8 Å². The van der Waals surface area contributed by atoms with Gasteiger partial charge in [0, 0.05) is 48.9 Å². The van der Waals surface area contributed by atoms with Crippen molar-refractivity contribution in [2.75, 3.05) is 36.0 Å². The topological polar surface area (TPSA) is 52.5 Å². The van der Waals surface area contributed by atoms with Crippen molar-refractivity contribution < 1.29 is 5.11 Å². The maximum Gasteiger partial charge on any atom is 0.128 e. The summed E-state index contributed by atoms with van der Waals surface area (Å²) in [5.74, 6) is 1.70. The molecule has 0 atom stereocenters.